The first kappa shape index (κ1) is 18.4. The zero-order valence-corrected chi connectivity index (χ0v) is 14.9. The van der Waals surface area contributed by atoms with Crippen LogP contribution in [0, 0.1) is 0 Å². The Hall–Kier alpha value is -1.94. The Morgan fingerprint density at radius 3 is 2.38 bits per heavy atom. The van der Waals surface area contributed by atoms with E-state index in [9.17, 15) is 9.36 Å². The van der Waals surface area contributed by atoms with Crippen LogP contribution in [0.1, 0.15) is 22.8 Å². The molecule has 0 saturated heterocycles. The molecule has 6 heteroatoms. The molecule has 0 aliphatic heterocycles. The van der Waals surface area contributed by atoms with Crippen LogP contribution in [0.2, 0.25) is 0 Å². The topological polar surface area (TPSA) is 61.8 Å². The van der Waals surface area contributed by atoms with Gasteiger partial charge in [-0.05, 0) is 24.6 Å². The molecule has 0 bridgehead atoms. The number of benzene rings is 2. The Kier molecular flexibility index (Phi) is 6.32. The smallest absolute Gasteiger partial charge is 0.361 e. The molecule has 0 aromatic heterocycles. The molecule has 1 unspecified atom stereocenters. The number of ketones is 1. The summed E-state index contributed by atoms with van der Waals surface area (Å²) in [6.07, 6.45) is 0.101. The molecule has 1 atom stereocenters. The SMILES string of the molecule is CCOP(=O)(OC)c1cc(OC)ccc1CC(=O)c1ccccc1. The summed E-state index contributed by atoms with van der Waals surface area (Å²) in [4.78, 5) is 12.5. The zero-order chi connectivity index (χ0) is 17.6. The molecule has 24 heavy (non-hydrogen) atoms. The van der Waals surface area contributed by atoms with E-state index >= 15 is 0 Å². The predicted molar refractivity (Wildman–Crippen MR) is 93.3 cm³/mol. The summed E-state index contributed by atoms with van der Waals surface area (Å²) in [6.45, 7) is 1.97. The summed E-state index contributed by atoms with van der Waals surface area (Å²) >= 11 is 0. The lowest BCUT2D eigenvalue weighted by atomic mass is 10.0. The lowest BCUT2D eigenvalue weighted by Crippen LogP contribution is -2.18. The van der Waals surface area contributed by atoms with Crippen molar-refractivity contribution >= 4 is 18.7 Å². The van der Waals surface area contributed by atoms with Crippen LogP contribution in [0.25, 0.3) is 0 Å². The van der Waals surface area contributed by atoms with E-state index in [-0.39, 0.29) is 18.8 Å². The highest BCUT2D eigenvalue weighted by Crippen LogP contribution is 2.47. The van der Waals surface area contributed by atoms with Gasteiger partial charge in [0, 0.05) is 19.1 Å². The number of hydrogen-bond acceptors (Lipinski definition) is 5. The number of Topliss-reactive ketones (excluding diaryl/α,β-unsaturated/α-hetero) is 1. The largest absolute Gasteiger partial charge is 0.497 e. The minimum Gasteiger partial charge on any atom is -0.497 e. The van der Waals surface area contributed by atoms with Crippen molar-refractivity contribution in [2.75, 3.05) is 20.8 Å². The molecule has 128 valence electrons. The first-order chi connectivity index (χ1) is 11.5. The van der Waals surface area contributed by atoms with Crippen molar-refractivity contribution in [2.45, 2.75) is 13.3 Å². The van der Waals surface area contributed by atoms with Gasteiger partial charge in [-0.2, -0.15) is 0 Å². The number of carbonyl (C=O) groups excluding carboxylic acids is 1. The fourth-order valence-corrected chi connectivity index (χ4v) is 3.94. The van der Waals surface area contributed by atoms with E-state index in [1.165, 1.54) is 14.2 Å². The Labute approximate surface area is 142 Å². The van der Waals surface area contributed by atoms with E-state index in [4.69, 9.17) is 13.8 Å². The molecular weight excluding hydrogens is 327 g/mol. The van der Waals surface area contributed by atoms with E-state index in [2.05, 4.69) is 0 Å². The molecule has 0 heterocycles. The van der Waals surface area contributed by atoms with Crippen molar-refractivity contribution in [3.8, 4) is 5.75 Å². The number of hydrogen-bond donors (Lipinski definition) is 0. The van der Waals surface area contributed by atoms with Crippen LogP contribution in [-0.2, 0) is 20.0 Å². The first-order valence-corrected chi connectivity index (χ1v) is 9.14. The second kappa shape index (κ2) is 8.25. The summed E-state index contributed by atoms with van der Waals surface area (Å²) in [5.41, 5.74) is 1.20. The summed E-state index contributed by atoms with van der Waals surface area (Å²) in [7, 11) is -0.658. The van der Waals surface area contributed by atoms with E-state index in [1.54, 1.807) is 37.3 Å². The van der Waals surface area contributed by atoms with Crippen molar-refractivity contribution in [1.29, 1.82) is 0 Å². The summed E-state index contributed by atoms with van der Waals surface area (Å²) in [6, 6.07) is 14.0. The normalized spacial score (nSPS) is 13.3. The molecule has 5 nitrogen and oxygen atoms in total. The van der Waals surface area contributed by atoms with Crippen molar-refractivity contribution < 1.29 is 23.1 Å². The molecule has 0 aliphatic rings. The maximum absolute atomic E-state index is 13.0. The maximum atomic E-state index is 13.0. The summed E-state index contributed by atoms with van der Waals surface area (Å²) < 4.78 is 28.7. The minimum atomic E-state index is -3.51. The van der Waals surface area contributed by atoms with Gasteiger partial charge < -0.3 is 13.8 Å². The van der Waals surface area contributed by atoms with Crippen LogP contribution in [-0.4, -0.2) is 26.6 Å². The highest BCUT2D eigenvalue weighted by molar-refractivity contribution is 7.62. The van der Waals surface area contributed by atoms with Gasteiger partial charge in [0.2, 0.25) is 0 Å². The third-order valence-electron chi connectivity index (χ3n) is 3.57. The van der Waals surface area contributed by atoms with Gasteiger partial charge in [0.1, 0.15) is 5.75 Å². The molecule has 0 radical (unpaired) electrons. The van der Waals surface area contributed by atoms with Crippen LogP contribution in [0.15, 0.2) is 48.5 Å². The second-order valence-electron chi connectivity index (χ2n) is 5.06. The average molecular weight is 348 g/mol. The van der Waals surface area contributed by atoms with E-state index < -0.39 is 7.60 Å². The zero-order valence-electron chi connectivity index (χ0n) is 14.0. The standard InChI is InChI=1S/C18H21O5P/c1-4-23-24(20,22-3)18-13-16(21-2)11-10-15(18)12-17(19)14-8-6-5-7-9-14/h5-11,13H,4,12H2,1-3H3. The Balaban J connectivity index is 2.42. The van der Waals surface area contributed by atoms with Crippen molar-refractivity contribution in [3.63, 3.8) is 0 Å². The van der Waals surface area contributed by atoms with Gasteiger partial charge in [0.15, 0.2) is 5.78 Å². The van der Waals surface area contributed by atoms with Crippen LogP contribution in [0.4, 0.5) is 0 Å². The average Bonchev–Trinajstić information content (AvgIpc) is 2.62. The molecule has 0 saturated carbocycles. The van der Waals surface area contributed by atoms with E-state index in [0.717, 1.165) is 0 Å². The number of rotatable bonds is 8. The van der Waals surface area contributed by atoms with Gasteiger partial charge in [-0.1, -0.05) is 36.4 Å². The monoisotopic (exact) mass is 348 g/mol. The minimum absolute atomic E-state index is 0.0684. The fraction of sp³-hybridized carbons (Fsp3) is 0.278. The quantitative estimate of drug-likeness (QED) is 0.539. The second-order valence-corrected chi connectivity index (χ2v) is 7.16. The van der Waals surface area contributed by atoms with E-state index in [1.807, 2.05) is 18.2 Å². The van der Waals surface area contributed by atoms with Crippen molar-refractivity contribution in [2.24, 2.45) is 0 Å². The van der Waals surface area contributed by atoms with Gasteiger partial charge in [-0.15, -0.1) is 0 Å². The van der Waals surface area contributed by atoms with Gasteiger partial charge in [-0.3, -0.25) is 9.36 Å². The number of methoxy groups -OCH3 is 1. The van der Waals surface area contributed by atoms with Crippen molar-refractivity contribution in [1.82, 2.24) is 0 Å². The Bertz CT molecular complexity index is 742. The summed E-state index contributed by atoms with van der Waals surface area (Å²) in [5.74, 6) is 0.457. The lowest BCUT2D eigenvalue weighted by Gasteiger charge is -2.19. The number of ether oxygens (including phenoxy) is 1. The van der Waals surface area contributed by atoms with E-state index in [0.29, 0.717) is 22.2 Å². The molecule has 2 rings (SSSR count). The molecular formula is C18H21O5P. The fourth-order valence-electron chi connectivity index (χ4n) is 2.36. The highest BCUT2D eigenvalue weighted by Gasteiger charge is 2.30. The van der Waals surface area contributed by atoms with Crippen molar-refractivity contribution in [3.05, 3.63) is 59.7 Å². The highest BCUT2D eigenvalue weighted by atomic mass is 31.2. The van der Waals surface area contributed by atoms with Gasteiger partial charge in [-0.25, -0.2) is 0 Å². The lowest BCUT2D eigenvalue weighted by molar-refractivity contribution is 0.0993. The molecule has 2 aromatic rings. The summed E-state index contributed by atoms with van der Waals surface area (Å²) in [5, 5.41) is 0.357. The van der Waals surface area contributed by atoms with Crippen LogP contribution in [0.5, 0.6) is 5.75 Å². The number of carbonyl (C=O) groups is 1. The Morgan fingerprint density at radius 1 is 1.08 bits per heavy atom. The third-order valence-corrected chi connectivity index (χ3v) is 5.66. The van der Waals surface area contributed by atoms with Crippen LogP contribution in [0.3, 0.4) is 0 Å². The molecule has 0 N–H and O–H groups in total. The molecule has 0 amide bonds. The van der Waals surface area contributed by atoms with Gasteiger partial charge in [0.25, 0.3) is 0 Å². The molecule has 0 aliphatic carbocycles. The predicted octanol–water partition coefficient (Wildman–Crippen LogP) is 3.62. The molecule has 0 spiro atoms. The Morgan fingerprint density at radius 2 is 1.79 bits per heavy atom. The molecule has 0 fully saturated rings. The third kappa shape index (κ3) is 4.12. The van der Waals surface area contributed by atoms with Crippen LogP contribution < -0.4 is 10.0 Å². The van der Waals surface area contributed by atoms with Gasteiger partial charge >= 0.3 is 7.60 Å². The maximum Gasteiger partial charge on any atom is 0.361 e. The van der Waals surface area contributed by atoms with Gasteiger partial charge in [0.05, 0.1) is 19.0 Å². The first-order valence-electron chi connectivity index (χ1n) is 7.60. The van der Waals surface area contributed by atoms with Crippen LogP contribution >= 0.6 is 7.60 Å². The molecule has 2 aromatic carbocycles.